The van der Waals surface area contributed by atoms with Crippen LogP contribution in [0.4, 0.5) is 10.1 Å². The summed E-state index contributed by atoms with van der Waals surface area (Å²) in [5, 5.41) is 11.5. The number of carbonyl (C=O) groups is 2. The number of piperazine rings is 1. The molecule has 1 saturated heterocycles. The summed E-state index contributed by atoms with van der Waals surface area (Å²) >= 11 is 5.98. The summed E-state index contributed by atoms with van der Waals surface area (Å²) in [6.07, 6.45) is 1.08. The second kappa shape index (κ2) is 13.8. The lowest BCUT2D eigenvalue weighted by Crippen LogP contribution is -2.48. The minimum Gasteiger partial charge on any atom is -0.467 e. The first-order chi connectivity index (χ1) is 19.8. The van der Waals surface area contributed by atoms with Crippen molar-refractivity contribution < 1.29 is 28.2 Å². The molecule has 0 radical (unpaired) electrons. The molecule has 0 atom stereocenters. The average molecular weight is 581 g/mol. The Balaban J connectivity index is 1.63. The number of methoxy groups -OCH3 is 1. The molecule has 0 bridgehead atoms. The van der Waals surface area contributed by atoms with E-state index >= 15 is 0 Å². The van der Waals surface area contributed by atoms with Gasteiger partial charge in [-0.1, -0.05) is 23.7 Å². The number of halogens is 2. The number of carbonyl (C=O) groups excluding carboxylic acids is 2. The van der Waals surface area contributed by atoms with E-state index in [1.54, 1.807) is 59.5 Å². The molecule has 1 aliphatic rings. The van der Waals surface area contributed by atoms with Gasteiger partial charge in [-0.05, 0) is 54.1 Å². The molecular formula is C30H30ClFN4O5. The third-order valence-corrected chi connectivity index (χ3v) is 6.66. The Kier molecular flexibility index (Phi) is 9.94. The van der Waals surface area contributed by atoms with Gasteiger partial charge in [0.25, 0.3) is 5.91 Å². The van der Waals surface area contributed by atoms with E-state index in [2.05, 4.69) is 5.32 Å². The summed E-state index contributed by atoms with van der Waals surface area (Å²) < 4.78 is 30.4. The molecule has 214 valence electrons. The molecule has 3 aromatic rings. The summed E-state index contributed by atoms with van der Waals surface area (Å²) in [4.78, 5) is 28.8. The summed E-state index contributed by atoms with van der Waals surface area (Å²) in [6, 6.07) is 17.7. The van der Waals surface area contributed by atoms with Crippen LogP contribution in [0.2, 0.25) is 5.02 Å². The lowest BCUT2D eigenvalue weighted by Gasteiger charge is -2.36. The van der Waals surface area contributed by atoms with Crippen molar-refractivity contribution >= 4 is 35.3 Å². The monoisotopic (exact) mass is 580 g/mol. The van der Waals surface area contributed by atoms with E-state index in [-0.39, 0.29) is 24.2 Å². The topological polar surface area (TPSA) is 104 Å². The van der Waals surface area contributed by atoms with Crippen LogP contribution in [-0.2, 0) is 14.3 Å². The van der Waals surface area contributed by atoms with Crippen LogP contribution in [0.1, 0.15) is 6.92 Å². The van der Waals surface area contributed by atoms with Gasteiger partial charge in [0.05, 0.1) is 0 Å². The predicted octanol–water partition coefficient (Wildman–Crippen LogP) is 5.17. The number of nitrogens with one attached hydrogen (secondary N) is 2. The van der Waals surface area contributed by atoms with Crippen LogP contribution in [0, 0.1) is 11.2 Å². The normalized spacial score (nSPS) is 13.8. The molecule has 0 spiro atoms. The highest BCUT2D eigenvalue weighted by molar-refractivity contribution is 6.30. The number of anilines is 1. The van der Waals surface area contributed by atoms with E-state index in [9.17, 15) is 14.0 Å². The zero-order valence-electron chi connectivity index (χ0n) is 22.7. The lowest BCUT2D eigenvalue weighted by atomic mass is 10.0. The first kappa shape index (κ1) is 29.6. The van der Waals surface area contributed by atoms with Crippen LogP contribution in [0.25, 0.3) is 11.1 Å². The number of hydrogen-bond donors (Lipinski definition) is 2. The molecule has 2 N–H and O–H groups in total. The SMILES string of the molecule is COCOc1cc(F)ccc1-c1ccc(O/C(C(=O)Nc2ccc(Cl)cc2)=C(/C=N)N2CCN(C(C)=O)CC2)cc1. The zero-order chi connectivity index (χ0) is 29.4. The summed E-state index contributed by atoms with van der Waals surface area (Å²) in [6.45, 7) is 3.25. The van der Waals surface area contributed by atoms with E-state index in [0.717, 1.165) is 11.8 Å². The van der Waals surface area contributed by atoms with Crippen LogP contribution < -0.4 is 14.8 Å². The fourth-order valence-electron chi connectivity index (χ4n) is 4.30. The third-order valence-electron chi connectivity index (χ3n) is 6.40. The second-order valence-corrected chi connectivity index (χ2v) is 9.57. The Morgan fingerprint density at radius 3 is 2.27 bits per heavy atom. The van der Waals surface area contributed by atoms with Gasteiger partial charge in [0.1, 0.15) is 23.0 Å². The Bertz CT molecular complexity index is 1420. The molecule has 3 aromatic carbocycles. The Hall–Kier alpha value is -4.41. The fourth-order valence-corrected chi connectivity index (χ4v) is 4.42. The lowest BCUT2D eigenvalue weighted by molar-refractivity contribution is -0.130. The van der Waals surface area contributed by atoms with Gasteiger partial charge in [-0.3, -0.25) is 9.59 Å². The van der Waals surface area contributed by atoms with Crippen LogP contribution in [0.15, 0.2) is 78.2 Å². The number of amides is 2. The van der Waals surface area contributed by atoms with Gasteiger partial charge < -0.3 is 34.7 Å². The van der Waals surface area contributed by atoms with E-state index < -0.39 is 11.7 Å². The van der Waals surface area contributed by atoms with E-state index in [1.807, 2.05) is 4.90 Å². The Morgan fingerprint density at radius 2 is 1.66 bits per heavy atom. The molecule has 1 heterocycles. The highest BCUT2D eigenvalue weighted by atomic mass is 35.5. The number of allylic oxidation sites excluding steroid dienone is 1. The molecule has 41 heavy (non-hydrogen) atoms. The van der Waals surface area contributed by atoms with Crippen molar-refractivity contribution in [2.75, 3.05) is 45.4 Å². The van der Waals surface area contributed by atoms with Crippen LogP contribution in [-0.4, -0.2) is 67.9 Å². The highest BCUT2D eigenvalue weighted by Gasteiger charge is 2.26. The van der Waals surface area contributed by atoms with Crippen molar-refractivity contribution in [3.63, 3.8) is 0 Å². The largest absolute Gasteiger partial charge is 0.467 e. The van der Waals surface area contributed by atoms with Gasteiger partial charge in [0.2, 0.25) is 11.7 Å². The standard InChI is InChI=1S/C30H30ClFN4O5/c1-20(37)35-13-15-36(16-14-35)27(18-33)29(30(38)34-24-8-5-22(31)6-9-24)41-25-10-3-21(4-11-25)26-12-7-23(32)17-28(26)40-19-39-2/h3-12,17-18,33H,13-16,19H2,1-2H3,(H,34,38)/b29-27-,33-18?. The summed E-state index contributed by atoms with van der Waals surface area (Å²) in [7, 11) is 1.48. The maximum atomic E-state index is 13.8. The van der Waals surface area contributed by atoms with E-state index in [1.165, 1.54) is 26.2 Å². The average Bonchev–Trinajstić information content (AvgIpc) is 2.98. The van der Waals surface area contributed by atoms with Gasteiger partial charge in [-0.15, -0.1) is 0 Å². The molecule has 0 aliphatic carbocycles. The first-order valence-corrected chi connectivity index (χ1v) is 13.2. The van der Waals surface area contributed by atoms with Crippen LogP contribution >= 0.6 is 11.6 Å². The summed E-state index contributed by atoms with van der Waals surface area (Å²) in [5.41, 5.74) is 2.15. The molecule has 1 fully saturated rings. The van der Waals surface area contributed by atoms with Gasteiger partial charge in [-0.25, -0.2) is 4.39 Å². The van der Waals surface area contributed by atoms with Crippen molar-refractivity contribution in [1.82, 2.24) is 9.80 Å². The molecular weight excluding hydrogens is 551 g/mol. The first-order valence-electron chi connectivity index (χ1n) is 12.8. The molecule has 1 aliphatic heterocycles. The zero-order valence-corrected chi connectivity index (χ0v) is 23.4. The smallest absolute Gasteiger partial charge is 0.293 e. The summed E-state index contributed by atoms with van der Waals surface area (Å²) in [5.74, 6) is -0.441. The maximum Gasteiger partial charge on any atom is 0.293 e. The van der Waals surface area contributed by atoms with E-state index in [0.29, 0.717) is 54.0 Å². The van der Waals surface area contributed by atoms with Gasteiger partial charge in [0, 0.05) is 68.8 Å². The number of benzene rings is 3. The van der Waals surface area contributed by atoms with Crippen LogP contribution in [0.3, 0.4) is 0 Å². The van der Waals surface area contributed by atoms with Crippen molar-refractivity contribution in [2.45, 2.75) is 6.92 Å². The fraction of sp³-hybridized carbons (Fsp3) is 0.233. The number of hydrogen-bond acceptors (Lipinski definition) is 7. The molecule has 4 rings (SSSR count). The third kappa shape index (κ3) is 7.62. The molecule has 0 saturated carbocycles. The molecule has 11 heteroatoms. The number of rotatable bonds is 10. The molecule has 2 amide bonds. The number of ether oxygens (including phenoxy) is 3. The molecule has 0 aromatic heterocycles. The quantitative estimate of drug-likeness (QED) is 0.148. The minimum atomic E-state index is -0.558. The van der Waals surface area contributed by atoms with Crippen molar-refractivity contribution in [1.29, 1.82) is 5.41 Å². The second-order valence-electron chi connectivity index (χ2n) is 9.13. The Morgan fingerprint density at radius 1 is 1.00 bits per heavy atom. The van der Waals surface area contributed by atoms with Gasteiger partial charge in [-0.2, -0.15) is 0 Å². The van der Waals surface area contributed by atoms with Crippen molar-refractivity contribution in [2.24, 2.45) is 0 Å². The van der Waals surface area contributed by atoms with E-state index in [4.69, 9.17) is 31.2 Å². The molecule has 0 unspecified atom stereocenters. The maximum absolute atomic E-state index is 13.8. The molecule has 9 nitrogen and oxygen atoms in total. The number of nitrogens with zero attached hydrogens (tertiary/aromatic N) is 2. The van der Waals surface area contributed by atoms with Gasteiger partial charge >= 0.3 is 0 Å². The predicted molar refractivity (Wildman–Crippen MR) is 155 cm³/mol. The van der Waals surface area contributed by atoms with Crippen molar-refractivity contribution in [3.05, 3.63) is 89.0 Å². The Labute approximate surface area is 242 Å². The van der Waals surface area contributed by atoms with Crippen molar-refractivity contribution in [3.8, 4) is 22.6 Å². The highest BCUT2D eigenvalue weighted by Crippen LogP contribution is 2.32. The van der Waals surface area contributed by atoms with Gasteiger partial charge in [0.15, 0.2) is 6.79 Å². The van der Waals surface area contributed by atoms with Crippen LogP contribution in [0.5, 0.6) is 11.5 Å². The minimum absolute atomic E-state index is 0.0287.